The monoisotopic (exact) mass is 499 g/mol. The molecular formula is C25H21N7O3S. The third-order valence-electron chi connectivity index (χ3n) is 5.70. The van der Waals surface area contributed by atoms with E-state index in [0.717, 1.165) is 17.7 Å². The number of thioether (sulfide) groups is 1. The molecular weight excluding hydrogens is 478 g/mol. The summed E-state index contributed by atoms with van der Waals surface area (Å²) in [6.45, 7) is 0.656. The zero-order valence-electron chi connectivity index (χ0n) is 19.0. The molecule has 11 heteroatoms. The Labute approximate surface area is 210 Å². The van der Waals surface area contributed by atoms with Crippen molar-refractivity contribution in [3.63, 3.8) is 0 Å². The number of nitrogens with zero attached hydrogens (tertiary/aromatic N) is 5. The first-order chi connectivity index (χ1) is 17.6. The van der Waals surface area contributed by atoms with Gasteiger partial charge in [0.05, 0.1) is 17.0 Å². The van der Waals surface area contributed by atoms with Crippen LogP contribution in [0.1, 0.15) is 26.3 Å². The van der Waals surface area contributed by atoms with E-state index in [1.165, 1.54) is 22.8 Å². The van der Waals surface area contributed by atoms with Gasteiger partial charge < -0.3 is 4.90 Å². The lowest BCUT2D eigenvalue weighted by Crippen LogP contribution is -2.41. The maximum Gasteiger partial charge on any atom is 0.270 e. The van der Waals surface area contributed by atoms with Gasteiger partial charge in [0.1, 0.15) is 6.33 Å². The van der Waals surface area contributed by atoms with E-state index in [4.69, 9.17) is 0 Å². The number of fused-ring (bicyclic) bond motifs is 1. The Bertz CT molecular complexity index is 1410. The summed E-state index contributed by atoms with van der Waals surface area (Å²) in [5.74, 6) is -0.771. The fraction of sp³-hybridized carbons (Fsp3) is 0.120. The number of rotatable bonds is 6. The predicted octanol–water partition coefficient (Wildman–Crippen LogP) is 2.42. The number of amides is 3. The lowest BCUT2D eigenvalue weighted by Gasteiger charge is -2.17. The Balaban J connectivity index is 1.18. The summed E-state index contributed by atoms with van der Waals surface area (Å²) in [7, 11) is 0. The van der Waals surface area contributed by atoms with Crippen molar-refractivity contribution in [3.05, 3.63) is 95.8 Å². The van der Waals surface area contributed by atoms with Gasteiger partial charge in [-0.05, 0) is 64.9 Å². The van der Waals surface area contributed by atoms with Gasteiger partial charge in [-0.3, -0.25) is 25.2 Å². The highest BCUT2D eigenvalue weighted by molar-refractivity contribution is 8.00. The molecule has 1 aliphatic heterocycles. The van der Waals surface area contributed by atoms with Crippen LogP contribution in [0, 0.1) is 0 Å². The molecule has 5 rings (SSSR count). The number of nitrogens with one attached hydrogen (secondary N) is 2. The standard InChI is InChI=1S/C25H21N7O3S/c33-23(31-14-13-17-5-1-3-7-21(17)31)15-36-22-8-4-2-6-20(22)25(35)28-27-24(34)18-9-11-19(12-10-18)32-16-26-29-30-32/h1-12,16H,13-15H2,(H,27,34)(H,28,35). The van der Waals surface area contributed by atoms with Gasteiger partial charge in [0.15, 0.2) is 0 Å². The van der Waals surface area contributed by atoms with Crippen LogP contribution in [0.25, 0.3) is 5.69 Å². The van der Waals surface area contributed by atoms with Crippen LogP contribution >= 0.6 is 11.8 Å². The van der Waals surface area contributed by atoms with Crippen molar-refractivity contribution in [2.75, 3.05) is 17.2 Å². The van der Waals surface area contributed by atoms with E-state index in [-0.39, 0.29) is 11.7 Å². The Morgan fingerprint density at radius 2 is 1.64 bits per heavy atom. The van der Waals surface area contributed by atoms with Gasteiger partial charge >= 0.3 is 0 Å². The molecule has 4 aromatic rings. The number of carbonyl (C=O) groups is 3. The minimum Gasteiger partial charge on any atom is -0.311 e. The molecule has 36 heavy (non-hydrogen) atoms. The van der Waals surface area contributed by atoms with Crippen LogP contribution in [-0.2, 0) is 11.2 Å². The van der Waals surface area contributed by atoms with E-state index in [2.05, 4.69) is 26.4 Å². The van der Waals surface area contributed by atoms with Gasteiger partial charge in [-0.1, -0.05) is 30.3 Å². The largest absolute Gasteiger partial charge is 0.311 e. The summed E-state index contributed by atoms with van der Waals surface area (Å²) in [4.78, 5) is 40.6. The van der Waals surface area contributed by atoms with Gasteiger partial charge in [0, 0.05) is 22.7 Å². The highest BCUT2D eigenvalue weighted by Crippen LogP contribution is 2.29. The third kappa shape index (κ3) is 4.96. The first kappa shape index (κ1) is 23.2. The van der Waals surface area contributed by atoms with Gasteiger partial charge in [-0.2, -0.15) is 0 Å². The van der Waals surface area contributed by atoms with Crippen LogP contribution < -0.4 is 15.8 Å². The Morgan fingerprint density at radius 3 is 2.44 bits per heavy atom. The minimum absolute atomic E-state index is 0.0152. The van der Waals surface area contributed by atoms with E-state index < -0.39 is 11.8 Å². The van der Waals surface area contributed by atoms with Crippen molar-refractivity contribution in [2.24, 2.45) is 0 Å². The van der Waals surface area contributed by atoms with Crippen molar-refractivity contribution in [3.8, 4) is 5.69 Å². The molecule has 0 saturated heterocycles. The van der Waals surface area contributed by atoms with Crippen LogP contribution in [0.2, 0.25) is 0 Å². The Hall–Kier alpha value is -4.51. The summed E-state index contributed by atoms with van der Waals surface area (Å²) < 4.78 is 1.46. The number of carbonyl (C=O) groups excluding carboxylic acids is 3. The highest BCUT2D eigenvalue weighted by Gasteiger charge is 2.24. The molecule has 1 aliphatic rings. The molecule has 0 atom stereocenters. The normalized spacial score (nSPS) is 12.2. The van der Waals surface area contributed by atoms with Gasteiger partial charge in [-0.25, -0.2) is 4.68 Å². The summed E-state index contributed by atoms with van der Waals surface area (Å²) in [6, 6.07) is 21.4. The topological polar surface area (TPSA) is 122 Å². The van der Waals surface area contributed by atoms with Crippen molar-refractivity contribution < 1.29 is 14.4 Å². The number of hydrazine groups is 1. The molecule has 0 fully saturated rings. The average molecular weight is 500 g/mol. The lowest BCUT2D eigenvalue weighted by atomic mass is 10.2. The fourth-order valence-electron chi connectivity index (χ4n) is 3.89. The van der Waals surface area contributed by atoms with Crippen molar-refractivity contribution in [1.29, 1.82) is 0 Å². The highest BCUT2D eigenvalue weighted by atomic mass is 32.2. The van der Waals surface area contributed by atoms with Gasteiger partial charge in [-0.15, -0.1) is 16.9 Å². The molecule has 0 aliphatic carbocycles. The minimum atomic E-state index is -0.476. The Kier molecular flexibility index (Phi) is 6.72. The number of hydrogen-bond acceptors (Lipinski definition) is 7. The number of anilines is 1. The summed E-state index contributed by atoms with van der Waals surface area (Å²) >= 11 is 1.29. The first-order valence-corrected chi connectivity index (χ1v) is 12.1. The molecule has 0 spiro atoms. The maximum atomic E-state index is 12.9. The lowest BCUT2D eigenvalue weighted by molar-refractivity contribution is -0.116. The molecule has 0 saturated carbocycles. The zero-order chi connectivity index (χ0) is 24.9. The second-order valence-corrected chi connectivity index (χ2v) is 8.94. The smallest absolute Gasteiger partial charge is 0.270 e. The van der Waals surface area contributed by atoms with Gasteiger partial charge in [0.2, 0.25) is 5.91 Å². The number of aromatic nitrogens is 4. The third-order valence-corrected chi connectivity index (χ3v) is 6.76. The number of tetrazole rings is 1. The molecule has 3 aromatic carbocycles. The molecule has 1 aromatic heterocycles. The van der Waals surface area contributed by atoms with E-state index in [0.29, 0.717) is 28.3 Å². The molecule has 180 valence electrons. The summed E-state index contributed by atoms with van der Waals surface area (Å²) in [5.41, 5.74) is 8.40. The molecule has 0 unspecified atom stereocenters. The van der Waals surface area contributed by atoms with Crippen LogP contribution in [0.4, 0.5) is 5.69 Å². The predicted molar refractivity (Wildman–Crippen MR) is 134 cm³/mol. The number of hydrogen-bond donors (Lipinski definition) is 2. The molecule has 0 bridgehead atoms. The van der Waals surface area contributed by atoms with Gasteiger partial charge in [0.25, 0.3) is 11.8 Å². The van der Waals surface area contributed by atoms with E-state index in [1.54, 1.807) is 53.4 Å². The average Bonchev–Trinajstić information content (AvgIpc) is 3.61. The number of benzene rings is 3. The quantitative estimate of drug-likeness (QED) is 0.309. The molecule has 10 nitrogen and oxygen atoms in total. The molecule has 2 heterocycles. The van der Waals surface area contributed by atoms with Crippen LogP contribution in [0.5, 0.6) is 0 Å². The van der Waals surface area contributed by atoms with E-state index in [1.807, 2.05) is 24.3 Å². The van der Waals surface area contributed by atoms with E-state index >= 15 is 0 Å². The molecule has 0 radical (unpaired) electrons. The second-order valence-electron chi connectivity index (χ2n) is 7.92. The summed E-state index contributed by atoms with van der Waals surface area (Å²) in [5, 5.41) is 10.9. The fourth-order valence-corrected chi connectivity index (χ4v) is 4.82. The first-order valence-electron chi connectivity index (χ1n) is 11.1. The van der Waals surface area contributed by atoms with Crippen molar-refractivity contribution >= 4 is 35.2 Å². The van der Waals surface area contributed by atoms with Crippen LogP contribution in [-0.4, -0.2) is 50.2 Å². The zero-order valence-corrected chi connectivity index (χ0v) is 19.8. The second kappa shape index (κ2) is 10.4. The Morgan fingerprint density at radius 1 is 0.889 bits per heavy atom. The molecule has 3 amide bonds. The maximum absolute atomic E-state index is 12.9. The van der Waals surface area contributed by atoms with E-state index in [9.17, 15) is 14.4 Å². The number of para-hydroxylation sites is 1. The molecule has 2 N–H and O–H groups in total. The van der Waals surface area contributed by atoms with Crippen molar-refractivity contribution in [1.82, 2.24) is 31.1 Å². The van der Waals surface area contributed by atoms with Crippen molar-refractivity contribution in [2.45, 2.75) is 11.3 Å². The summed E-state index contributed by atoms with van der Waals surface area (Å²) in [6.07, 6.45) is 2.29. The van der Waals surface area contributed by atoms with Crippen LogP contribution in [0.3, 0.4) is 0 Å². The van der Waals surface area contributed by atoms with Crippen LogP contribution in [0.15, 0.2) is 84.0 Å². The SMILES string of the molecule is O=C(NNC(=O)c1ccccc1SCC(=O)N1CCc2ccccc21)c1ccc(-n2cnnn2)cc1.